The number of halogens is 1. The fraction of sp³-hybridized carbons (Fsp3) is 0.125. The summed E-state index contributed by atoms with van der Waals surface area (Å²) in [6, 6.07) is 18.6. The fourth-order valence-electron chi connectivity index (χ4n) is 3.45. The summed E-state index contributed by atoms with van der Waals surface area (Å²) in [5, 5.41) is 0.536. The highest BCUT2D eigenvalue weighted by atomic mass is 35.5. The summed E-state index contributed by atoms with van der Waals surface area (Å²) in [7, 11) is 0. The summed E-state index contributed by atoms with van der Waals surface area (Å²) in [5.41, 5.74) is 3.07. The average Bonchev–Trinajstić information content (AvgIpc) is 3.07. The summed E-state index contributed by atoms with van der Waals surface area (Å²) >= 11 is 6.22. The molecule has 0 spiro atoms. The number of Topliss-reactive ketones (excluding diaryl/α,β-unsaturated/α-hetero) is 1. The zero-order valence-corrected chi connectivity index (χ0v) is 16.6. The van der Waals surface area contributed by atoms with Crippen molar-refractivity contribution in [3.63, 3.8) is 0 Å². The molecule has 0 saturated carbocycles. The van der Waals surface area contributed by atoms with E-state index in [-0.39, 0.29) is 18.3 Å². The van der Waals surface area contributed by atoms with Crippen LogP contribution in [0.2, 0.25) is 5.02 Å². The van der Waals surface area contributed by atoms with Crippen LogP contribution in [0.3, 0.4) is 0 Å². The third-order valence-electron chi connectivity index (χ3n) is 4.88. The van der Waals surface area contributed by atoms with E-state index in [9.17, 15) is 4.79 Å². The number of fused-ring (bicyclic) bond motifs is 2. The van der Waals surface area contributed by atoms with Crippen LogP contribution >= 0.6 is 11.6 Å². The third kappa shape index (κ3) is 3.65. The number of hydrogen-bond donors (Lipinski definition) is 0. The number of carbonyl (C=O) groups excluding carboxylic acids is 1. The first-order valence-electron chi connectivity index (χ1n) is 9.45. The van der Waals surface area contributed by atoms with Crippen molar-refractivity contribution in [2.75, 3.05) is 6.79 Å². The van der Waals surface area contributed by atoms with Crippen molar-refractivity contribution in [2.45, 2.75) is 13.2 Å². The number of carbonyl (C=O) groups is 1. The lowest BCUT2D eigenvalue weighted by atomic mass is 10.1. The van der Waals surface area contributed by atoms with Gasteiger partial charge in [0, 0.05) is 22.2 Å². The van der Waals surface area contributed by atoms with Gasteiger partial charge in [0.2, 0.25) is 5.78 Å². The Morgan fingerprint density at radius 2 is 1.93 bits per heavy atom. The summed E-state index contributed by atoms with van der Waals surface area (Å²) in [6.07, 6.45) is 1.66. The number of ether oxygens (including phenoxy) is 4. The Morgan fingerprint density at radius 1 is 1.07 bits per heavy atom. The molecule has 0 aromatic heterocycles. The van der Waals surface area contributed by atoms with Gasteiger partial charge in [-0.25, -0.2) is 0 Å². The Bertz CT molecular complexity index is 1150. The molecule has 0 radical (unpaired) electrons. The Balaban J connectivity index is 1.40. The first kappa shape index (κ1) is 18.7. The molecule has 5 nitrogen and oxygen atoms in total. The molecular formula is C24H17ClO5. The largest absolute Gasteiger partial charge is 0.489 e. The van der Waals surface area contributed by atoms with Crippen LogP contribution in [0.15, 0.2) is 66.4 Å². The van der Waals surface area contributed by atoms with Crippen molar-refractivity contribution in [3.8, 4) is 17.2 Å². The van der Waals surface area contributed by atoms with Gasteiger partial charge in [0.15, 0.2) is 12.6 Å². The molecule has 3 aromatic carbocycles. The normalized spacial score (nSPS) is 15.9. The topological polar surface area (TPSA) is 54.0 Å². The smallest absolute Gasteiger partial charge is 0.231 e. The molecule has 5 rings (SSSR count). The van der Waals surface area contributed by atoms with Gasteiger partial charge in [-0.1, -0.05) is 41.9 Å². The van der Waals surface area contributed by atoms with Gasteiger partial charge in [-0.3, -0.25) is 4.79 Å². The molecule has 2 aliphatic rings. The molecule has 30 heavy (non-hydrogen) atoms. The standard InChI is InChI=1S/C24H17ClO5/c25-18-8-16(24-17(9-18)13-27-14-29-24)10-22-23(26)20-7-6-19(11-21(20)30-22)28-12-15-4-2-1-3-5-15/h1-11H,12-14H2/b22-10-. The number of benzene rings is 3. The summed E-state index contributed by atoms with van der Waals surface area (Å²) < 4.78 is 22.6. The molecule has 0 bridgehead atoms. The lowest BCUT2D eigenvalue weighted by Gasteiger charge is -2.20. The van der Waals surface area contributed by atoms with Gasteiger partial charge >= 0.3 is 0 Å². The van der Waals surface area contributed by atoms with E-state index in [1.807, 2.05) is 30.3 Å². The Morgan fingerprint density at radius 3 is 2.80 bits per heavy atom. The van der Waals surface area contributed by atoms with Gasteiger partial charge in [-0.15, -0.1) is 0 Å². The van der Waals surface area contributed by atoms with Gasteiger partial charge in [0.1, 0.15) is 23.9 Å². The van der Waals surface area contributed by atoms with Gasteiger partial charge in [-0.2, -0.15) is 0 Å². The minimum atomic E-state index is -0.194. The first-order valence-corrected chi connectivity index (χ1v) is 9.83. The quantitative estimate of drug-likeness (QED) is 0.529. The number of rotatable bonds is 4. The van der Waals surface area contributed by atoms with Crippen molar-refractivity contribution in [2.24, 2.45) is 0 Å². The molecule has 2 heterocycles. The van der Waals surface area contributed by atoms with Crippen LogP contribution < -0.4 is 14.2 Å². The van der Waals surface area contributed by atoms with Crippen molar-refractivity contribution in [3.05, 3.63) is 93.7 Å². The van der Waals surface area contributed by atoms with E-state index in [1.165, 1.54) is 0 Å². The summed E-state index contributed by atoms with van der Waals surface area (Å²) in [4.78, 5) is 12.8. The van der Waals surface area contributed by atoms with E-state index in [4.69, 9.17) is 30.5 Å². The molecule has 0 fully saturated rings. The van der Waals surface area contributed by atoms with E-state index in [0.717, 1.165) is 11.1 Å². The van der Waals surface area contributed by atoms with Crippen LogP contribution in [0.5, 0.6) is 17.2 Å². The minimum Gasteiger partial charge on any atom is -0.489 e. The van der Waals surface area contributed by atoms with Crippen LogP contribution in [-0.2, 0) is 18.0 Å². The number of allylic oxidation sites excluding steroid dienone is 1. The highest BCUT2D eigenvalue weighted by Gasteiger charge is 2.28. The van der Waals surface area contributed by atoms with Crippen molar-refractivity contribution in [1.82, 2.24) is 0 Å². The second kappa shape index (κ2) is 7.86. The SMILES string of the molecule is O=C1/C(=C/c2cc(Cl)cc3c2OCOC3)Oc2cc(OCc3ccccc3)ccc21. The Hall–Kier alpha value is -3.28. The van der Waals surface area contributed by atoms with Gasteiger partial charge in [-0.05, 0) is 35.9 Å². The highest BCUT2D eigenvalue weighted by Crippen LogP contribution is 2.38. The maximum atomic E-state index is 12.8. The monoisotopic (exact) mass is 420 g/mol. The van der Waals surface area contributed by atoms with E-state index in [2.05, 4.69) is 0 Å². The van der Waals surface area contributed by atoms with Crippen LogP contribution in [-0.4, -0.2) is 12.6 Å². The maximum absolute atomic E-state index is 12.8. The second-order valence-corrected chi connectivity index (χ2v) is 7.40. The molecule has 0 amide bonds. The van der Waals surface area contributed by atoms with E-state index in [0.29, 0.717) is 46.6 Å². The van der Waals surface area contributed by atoms with E-state index >= 15 is 0 Å². The average molecular weight is 421 g/mol. The van der Waals surface area contributed by atoms with Crippen LogP contribution in [0.25, 0.3) is 6.08 Å². The van der Waals surface area contributed by atoms with E-state index in [1.54, 1.807) is 36.4 Å². The van der Waals surface area contributed by atoms with E-state index < -0.39 is 0 Å². The molecule has 6 heteroatoms. The van der Waals surface area contributed by atoms with Gasteiger partial charge in [0.25, 0.3) is 0 Å². The molecule has 150 valence electrons. The predicted octanol–water partition coefficient (Wildman–Crippen LogP) is 5.40. The van der Waals surface area contributed by atoms with Crippen LogP contribution in [0, 0.1) is 0 Å². The van der Waals surface area contributed by atoms with Crippen molar-refractivity contribution >= 4 is 23.5 Å². The first-order chi connectivity index (χ1) is 14.7. The molecule has 2 aliphatic heterocycles. The Kier molecular flexibility index (Phi) is 4.91. The predicted molar refractivity (Wildman–Crippen MR) is 112 cm³/mol. The van der Waals surface area contributed by atoms with Crippen molar-refractivity contribution < 1.29 is 23.7 Å². The summed E-state index contributed by atoms with van der Waals surface area (Å²) in [6.45, 7) is 0.996. The van der Waals surface area contributed by atoms with Crippen LogP contribution in [0.4, 0.5) is 0 Å². The van der Waals surface area contributed by atoms with Gasteiger partial charge in [0.05, 0.1) is 12.2 Å². The van der Waals surface area contributed by atoms with Crippen molar-refractivity contribution in [1.29, 1.82) is 0 Å². The maximum Gasteiger partial charge on any atom is 0.231 e. The Labute approximate surface area is 178 Å². The number of ketones is 1. The number of hydrogen-bond acceptors (Lipinski definition) is 5. The molecule has 3 aromatic rings. The zero-order chi connectivity index (χ0) is 20.5. The molecule has 0 unspecified atom stereocenters. The highest BCUT2D eigenvalue weighted by molar-refractivity contribution is 6.31. The van der Waals surface area contributed by atoms with Gasteiger partial charge < -0.3 is 18.9 Å². The molecule has 0 aliphatic carbocycles. The molecular weight excluding hydrogens is 404 g/mol. The summed E-state index contributed by atoms with van der Waals surface area (Å²) in [5.74, 6) is 1.77. The minimum absolute atomic E-state index is 0.155. The molecule has 0 N–H and O–H groups in total. The zero-order valence-electron chi connectivity index (χ0n) is 15.9. The molecule has 0 saturated heterocycles. The molecule has 0 atom stereocenters. The fourth-order valence-corrected chi connectivity index (χ4v) is 3.70. The second-order valence-electron chi connectivity index (χ2n) is 6.97. The third-order valence-corrected chi connectivity index (χ3v) is 5.10. The lowest BCUT2D eigenvalue weighted by Crippen LogP contribution is -2.12. The van der Waals surface area contributed by atoms with Crippen LogP contribution in [0.1, 0.15) is 27.0 Å². The lowest BCUT2D eigenvalue weighted by molar-refractivity contribution is -0.0165.